The molecule has 3 atom stereocenters. The van der Waals surface area contributed by atoms with Crippen molar-refractivity contribution in [1.82, 2.24) is 20.9 Å². The Labute approximate surface area is 309 Å². The fourth-order valence-electron chi connectivity index (χ4n) is 5.82. The highest BCUT2D eigenvalue weighted by molar-refractivity contribution is 6.00. The van der Waals surface area contributed by atoms with Crippen LogP contribution >= 0.6 is 0 Å². The standard InChI is InChI=1S/C39H48N6O8/c1-26(2)22-31(42-34(46)24-28-14-16-30(17-15-28)41-39(52)40-29-12-8-5-9-13-29)36(49)43-32(25-35(47)48)37(50)44-33(23-27-10-6-3-4-7-11-27)38(51)45-18-20-53-21-19-45/h3-10,12-17,26,31-33H,11,18-25H2,1-2H3,(H,42,46)(H,43,49)(H,44,50)(H,47,48)(H2,40,41,52)/t31-,32-,33-/m0/s1. The molecule has 0 spiro atoms. The highest BCUT2D eigenvalue weighted by atomic mass is 16.5. The van der Waals surface area contributed by atoms with Crippen LogP contribution in [0.5, 0.6) is 0 Å². The van der Waals surface area contributed by atoms with Gasteiger partial charge < -0.3 is 41.3 Å². The zero-order valence-electron chi connectivity index (χ0n) is 30.0. The Morgan fingerprint density at radius 1 is 0.774 bits per heavy atom. The number of carboxylic acid groups (broad SMARTS) is 1. The van der Waals surface area contributed by atoms with Crippen molar-refractivity contribution < 1.29 is 38.6 Å². The number of morpholine rings is 1. The molecule has 0 bridgehead atoms. The Kier molecular flexibility index (Phi) is 15.3. The van der Waals surface area contributed by atoms with Crippen molar-refractivity contribution >= 4 is 47.0 Å². The number of benzene rings is 2. The van der Waals surface area contributed by atoms with Crippen LogP contribution in [0.25, 0.3) is 0 Å². The quantitative estimate of drug-likeness (QED) is 0.151. The minimum atomic E-state index is -1.52. The number of carbonyl (C=O) groups excluding carboxylic acids is 5. The van der Waals surface area contributed by atoms with Crippen LogP contribution in [-0.4, -0.2) is 90.1 Å². The number of para-hydroxylation sites is 1. The van der Waals surface area contributed by atoms with E-state index in [0.29, 0.717) is 49.7 Å². The van der Waals surface area contributed by atoms with Gasteiger partial charge in [0, 0.05) is 24.5 Å². The number of carbonyl (C=O) groups is 6. The second-order valence-corrected chi connectivity index (χ2v) is 13.3. The van der Waals surface area contributed by atoms with Gasteiger partial charge in [0.15, 0.2) is 0 Å². The molecule has 1 fully saturated rings. The average molecular weight is 729 g/mol. The van der Waals surface area contributed by atoms with Crippen LogP contribution in [-0.2, 0) is 35.1 Å². The maximum absolute atomic E-state index is 13.7. The lowest BCUT2D eigenvalue weighted by atomic mass is 10.00. The number of hydrogen-bond acceptors (Lipinski definition) is 7. The van der Waals surface area contributed by atoms with Crippen molar-refractivity contribution in [2.75, 3.05) is 36.9 Å². The van der Waals surface area contributed by atoms with Crippen LogP contribution in [0.15, 0.2) is 90.6 Å². The number of hydrogen-bond donors (Lipinski definition) is 6. The van der Waals surface area contributed by atoms with Gasteiger partial charge >= 0.3 is 12.0 Å². The van der Waals surface area contributed by atoms with E-state index in [0.717, 1.165) is 5.57 Å². The third kappa shape index (κ3) is 13.7. The highest BCUT2D eigenvalue weighted by Crippen LogP contribution is 2.17. The first kappa shape index (κ1) is 40.0. The van der Waals surface area contributed by atoms with Crippen molar-refractivity contribution in [3.8, 4) is 0 Å². The van der Waals surface area contributed by atoms with Crippen LogP contribution in [0.1, 0.15) is 45.1 Å². The van der Waals surface area contributed by atoms with Crippen LogP contribution < -0.4 is 26.6 Å². The number of nitrogens with zero attached hydrogens (tertiary/aromatic N) is 1. The van der Waals surface area contributed by atoms with E-state index in [2.05, 4.69) is 26.6 Å². The fourth-order valence-corrected chi connectivity index (χ4v) is 5.82. The molecule has 0 aromatic heterocycles. The minimum Gasteiger partial charge on any atom is -0.481 e. The van der Waals surface area contributed by atoms with Gasteiger partial charge in [-0.25, -0.2) is 4.79 Å². The fraction of sp³-hybridized carbons (Fsp3) is 0.385. The predicted octanol–water partition coefficient (Wildman–Crippen LogP) is 3.54. The number of ether oxygens (including phenoxy) is 1. The molecule has 6 amide bonds. The van der Waals surface area contributed by atoms with Gasteiger partial charge in [0.05, 0.1) is 26.1 Å². The molecule has 0 saturated carbocycles. The summed E-state index contributed by atoms with van der Waals surface area (Å²) in [4.78, 5) is 79.8. The van der Waals surface area contributed by atoms with Crippen molar-refractivity contribution in [1.29, 1.82) is 0 Å². The van der Waals surface area contributed by atoms with Crippen molar-refractivity contribution in [3.63, 3.8) is 0 Å². The van der Waals surface area contributed by atoms with Gasteiger partial charge in [-0.2, -0.15) is 0 Å². The predicted molar refractivity (Wildman–Crippen MR) is 200 cm³/mol. The van der Waals surface area contributed by atoms with Gasteiger partial charge in [-0.05, 0) is 55.0 Å². The Hall–Kier alpha value is -5.76. The van der Waals surface area contributed by atoms with Crippen LogP contribution in [0.4, 0.5) is 16.2 Å². The summed E-state index contributed by atoms with van der Waals surface area (Å²) in [5, 5.41) is 23.1. The molecule has 1 saturated heterocycles. The first-order valence-corrected chi connectivity index (χ1v) is 17.7. The Morgan fingerprint density at radius 3 is 2.08 bits per heavy atom. The number of rotatable bonds is 16. The third-order valence-corrected chi connectivity index (χ3v) is 8.45. The number of allylic oxidation sites excluding steroid dienone is 5. The highest BCUT2D eigenvalue weighted by Gasteiger charge is 2.33. The molecular weight excluding hydrogens is 680 g/mol. The topological polar surface area (TPSA) is 195 Å². The summed E-state index contributed by atoms with van der Waals surface area (Å²) in [5.41, 5.74) is 2.65. The summed E-state index contributed by atoms with van der Waals surface area (Å²) in [5.74, 6) is -3.73. The molecule has 282 valence electrons. The molecule has 6 N–H and O–H groups in total. The summed E-state index contributed by atoms with van der Waals surface area (Å²) in [7, 11) is 0. The Morgan fingerprint density at radius 2 is 1.42 bits per heavy atom. The molecule has 14 nitrogen and oxygen atoms in total. The van der Waals surface area contributed by atoms with E-state index in [1.807, 2.05) is 50.3 Å². The largest absolute Gasteiger partial charge is 0.481 e. The molecule has 4 rings (SSSR count). The smallest absolute Gasteiger partial charge is 0.323 e. The van der Waals surface area contributed by atoms with Crippen LogP contribution in [0, 0.1) is 5.92 Å². The number of amides is 6. The molecule has 53 heavy (non-hydrogen) atoms. The zero-order valence-corrected chi connectivity index (χ0v) is 30.0. The van der Waals surface area contributed by atoms with E-state index in [9.17, 15) is 33.9 Å². The van der Waals surface area contributed by atoms with E-state index in [1.54, 1.807) is 53.4 Å². The maximum atomic E-state index is 13.7. The number of nitrogens with one attached hydrogen (secondary N) is 5. The Balaban J connectivity index is 1.40. The molecule has 2 aliphatic rings. The molecular formula is C39H48N6O8. The maximum Gasteiger partial charge on any atom is 0.323 e. The van der Waals surface area contributed by atoms with Crippen molar-refractivity contribution in [2.24, 2.45) is 5.92 Å². The zero-order chi connectivity index (χ0) is 38.2. The molecule has 2 aromatic carbocycles. The first-order chi connectivity index (χ1) is 25.5. The normalized spacial score (nSPS) is 15.6. The third-order valence-electron chi connectivity index (χ3n) is 8.45. The van der Waals surface area contributed by atoms with Gasteiger partial charge in [-0.15, -0.1) is 0 Å². The van der Waals surface area contributed by atoms with Crippen LogP contribution in [0.2, 0.25) is 0 Å². The van der Waals surface area contributed by atoms with E-state index in [-0.39, 0.29) is 31.1 Å². The summed E-state index contributed by atoms with van der Waals surface area (Å²) < 4.78 is 5.38. The van der Waals surface area contributed by atoms with E-state index >= 15 is 0 Å². The number of urea groups is 1. The molecule has 2 aromatic rings. The monoisotopic (exact) mass is 728 g/mol. The van der Waals surface area contributed by atoms with Crippen LogP contribution in [0.3, 0.4) is 0 Å². The average Bonchev–Trinajstić information content (AvgIpc) is 3.40. The van der Waals surface area contributed by atoms with Gasteiger partial charge in [-0.1, -0.05) is 80.1 Å². The van der Waals surface area contributed by atoms with Gasteiger partial charge in [-0.3, -0.25) is 24.0 Å². The summed E-state index contributed by atoms with van der Waals surface area (Å²) >= 11 is 0. The van der Waals surface area contributed by atoms with E-state index in [1.165, 1.54) is 0 Å². The summed E-state index contributed by atoms with van der Waals surface area (Å²) in [6.07, 6.45) is 9.54. The van der Waals surface area contributed by atoms with Crippen molar-refractivity contribution in [3.05, 3.63) is 96.1 Å². The molecule has 1 aliphatic heterocycles. The van der Waals surface area contributed by atoms with E-state index in [4.69, 9.17) is 4.74 Å². The summed E-state index contributed by atoms with van der Waals surface area (Å²) in [6.45, 7) is 5.14. The van der Waals surface area contributed by atoms with Gasteiger partial charge in [0.2, 0.25) is 23.6 Å². The summed E-state index contributed by atoms with van der Waals surface area (Å²) in [6, 6.07) is 11.6. The molecule has 0 unspecified atom stereocenters. The van der Waals surface area contributed by atoms with Gasteiger partial charge in [0.25, 0.3) is 0 Å². The number of carboxylic acids is 1. The SMILES string of the molecule is CC(C)C[C@H](NC(=O)Cc1ccc(NC(=O)Nc2ccccc2)cc1)C(=O)N[C@@H](CC(=O)O)C(=O)N[C@@H](CC1=CC=CC=CC1)C(=O)N1CCOCC1. The minimum absolute atomic E-state index is 0.0448. The number of anilines is 2. The second-order valence-electron chi connectivity index (χ2n) is 13.3. The second kappa shape index (κ2) is 20.3. The molecule has 14 heteroatoms. The lowest BCUT2D eigenvalue weighted by molar-refractivity contribution is -0.142. The van der Waals surface area contributed by atoms with Gasteiger partial charge in [0.1, 0.15) is 18.1 Å². The molecule has 0 radical (unpaired) electrons. The first-order valence-electron chi connectivity index (χ1n) is 17.7. The van der Waals surface area contributed by atoms with E-state index < -0.39 is 54.3 Å². The van der Waals surface area contributed by atoms with Crippen molar-refractivity contribution in [2.45, 2.75) is 64.1 Å². The molecule has 1 heterocycles. The lowest BCUT2D eigenvalue weighted by Gasteiger charge is -2.32. The lowest BCUT2D eigenvalue weighted by Crippen LogP contribution is -2.58. The Bertz CT molecular complexity index is 1680. The molecule has 1 aliphatic carbocycles. The number of aliphatic carboxylic acids is 1.